The summed E-state index contributed by atoms with van der Waals surface area (Å²) in [6, 6.07) is 11.6. The van der Waals surface area contributed by atoms with Crippen molar-refractivity contribution in [2.45, 2.75) is 43.7 Å². The average Bonchev–Trinajstić information content (AvgIpc) is 3.50. The number of nitrogens with one attached hydrogen (secondary N) is 2. The van der Waals surface area contributed by atoms with Crippen LogP contribution in [0.3, 0.4) is 0 Å². The van der Waals surface area contributed by atoms with Crippen LogP contribution in [0.1, 0.15) is 32.3 Å². The van der Waals surface area contributed by atoms with Crippen LogP contribution in [0, 0.1) is 0 Å². The van der Waals surface area contributed by atoms with Crippen LogP contribution in [0.15, 0.2) is 53.4 Å². The minimum atomic E-state index is -3.58. The smallest absolute Gasteiger partial charge is 0.248 e. The lowest BCUT2D eigenvalue weighted by Crippen LogP contribution is -2.25. The van der Waals surface area contributed by atoms with E-state index in [0.717, 1.165) is 18.4 Å². The quantitative estimate of drug-likeness (QED) is 0.593. The van der Waals surface area contributed by atoms with Crippen LogP contribution in [0.5, 0.6) is 11.5 Å². The number of carbonyl (C=O) groups is 1. The number of benzene rings is 2. The first-order chi connectivity index (χ1) is 14.3. The standard InChI is InChI=1S/C22H26N2O5S/c1-15(2)29-20-11-7-16(13-21(20)28-3)8-12-22(25)23-18-5-4-6-19(14-18)30(26,27)24-17-9-10-17/h4-8,11-15,17,24H,9-10H2,1-3H3,(H,23,25)/b12-8+. The topological polar surface area (TPSA) is 93.7 Å². The first kappa shape index (κ1) is 21.9. The fourth-order valence-electron chi connectivity index (χ4n) is 2.72. The molecule has 0 bridgehead atoms. The van der Waals surface area contributed by atoms with Crippen molar-refractivity contribution in [1.29, 1.82) is 0 Å². The Bertz CT molecular complexity index is 1040. The van der Waals surface area contributed by atoms with Gasteiger partial charge in [0.05, 0.1) is 18.1 Å². The Hall–Kier alpha value is -2.84. The summed E-state index contributed by atoms with van der Waals surface area (Å²) >= 11 is 0. The van der Waals surface area contributed by atoms with Gasteiger partial charge in [0.25, 0.3) is 0 Å². The Morgan fingerprint density at radius 3 is 2.57 bits per heavy atom. The van der Waals surface area contributed by atoms with Gasteiger partial charge in [-0.2, -0.15) is 0 Å². The van der Waals surface area contributed by atoms with E-state index < -0.39 is 10.0 Å². The minimum Gasteiger partial charge on any atom is -0.493 e. The number of ether oxygens (including phenoxy) is 2. The SMILES string of the molecule is COc1cc(/C=C/C(=O)Nc2cccc(S(=O)(=O)NC3CC3)c2)ccc1OC(C)C. The Morgan fingerprint density at radius 1 is 1.13 bits per heavy atom. The molecule has 2 aromatic rings. The summed E-state index contributed by atoms with van der Waals surface area (Å²) in [5, 5.41) is 2.69. The lowest BCUT2D eigenvalue weighted by molar-refractivity contribution is -0.111. The molecule has 1 aliphatic rings. The largest absolute Gasteiger partial charge is 0.493 e. The van der Waals surface area contributed by atoms with Crippen molar-refractivity contribution in [3.63, 3.8) is 0 Å². The maximum Gasteiger partial charge on any atom is 0.248 e. The van der Waals surface area contributed by atoms with E-state index in [4.69, 9.17) is 9.47 Å². The molecule has 1 aliphatic carbocycles. The van der Waals surface area contributed by atoms with E-state index >= 15 is 0 Å². The summed E-state index contributed by atoms with van der Waals surface area (Å²) in [6.07, 6.45) is 4.75. The molecular formula is C22H26N2O5S. The summed E-state index contributed by atoms with van der Waals surface area (Å²) in [4.78, 5) is 12.4. The molecule has 8 heteroatoms. The maximum absolute atomic E-state index is 12.3. The van der Waals surface area contributed by atoms with E-state index in [9.17, 15) is 13.2 Å². The highest BCUT2D eigenvalue weighted by Gasteiger charge is 2.28. The Labute approximate surface area is 177 Å². The molecule has 2 aromatic carbocycles. The zero-order valence-electron chi connectivity index (χ0n) is 17.2. The predicted octanol–water partition coefficient (Wildman–Crippen LogP) is 3.58. The molecule has 0 atom stereocenters. The molecule has 1 fully saturated rings. The van der Waals surface area contributed by atoms with Crippen LogP contribution < -0.4 is 19.5 Å². The van der Waals surface area contributed by atoms with Gasteiger partial charge in [-0.1, -0.05) is 12.1 Å². The molecule has 1 saturated carbocycles. The molecule has 30 heavy (non-hydrogen) atoms. The third kappa shape index (κ3) is 6.08. The van der Waals surface area contributed by atoms with Gasteiger partial charge in [-0.25, -0.2) is 13.1 Å². The number of sulfonamides is 1. The second-order valence-electron chi connectivity index (χ2n) is 7.32. The normalized spacial score (nSPS) is 14.1. The highest BCUT2D eigenvalue weighted by atomic mass is 32.2. The number of hydrogen-bond acceptors (Lipinski definition) is 5. The summed E-state index contributed by atoms with van der Waals surface area (Å²) in [7, 11) is -2.02. The van der Waals surface area contributed by atoms with Crippen molar-refractivity contribution in [2.24, 2.45) is 0 Å². The minimum absolute atomic E-state index is 0.0186. The number of carbonyl (C=O) groups excluding carboxylic acids is 1. The highest BCUT2D eigenvalue weighted by Crippen LogP contribution is 2.29. The summed E-state index contributed by atoms with van der Waals surface area (Å²) < 4.78 is 38.3. The van der Waals surface area contributed by atoms with Gasteiger partial charge in [0.15, 0.2) is 11.5 Å². The van der Waals surface area contributed by atoms with Gasteiger partial charge < -0.3 is 14.8 Å². The molecule has 1 amide bonds. The van der Waals surface area contributed by atoms with Crippen molar-refractivity contribution >= 4 is 27.7 Å². The third-order valence-electron chi connectivity index (χ3n) is 4.29. The van der Waals surface area contributed by atoms with Crippen LogP contribution in [0.4, 0.5) is 5.69 Å². The van der Waals surface area contributed by atoms with Crippen molar-refractivity contribution in [3.8, 4) is 11.5 Å². The van der Waals surface area contributed by atoms with Gasteiger partial charge >= 0.3 is 0 Å². The molecule has 3 rings (SSSR count). The van der Waals surface area contributed by atoms with Crippen molar-refractivity contribution in [2.75, 3.05) is 12.4 Å². The lowest BCUT2D eigenvalue weighted by atomic mass is 10.2. The number of anilines is 1. The van der Waals surface area contributed by atoms with E-state index in [1.807, 2.05) is 19.9 Å². The molecule has 7 nitrogen and oxygen atoms in total. The summed E-state index contributed by atoms with van der Waals surface area (Å²) in [5.74, 6) is 0.834. The Balaban J connectivity index is 1.67. The van der Waals surface area contributed by atoms with Gasteiger partial charge in [-0.15, -0.1) is 0 Å². The van der Waals surface area contributed by atoms with Crippen LogP contribution in [0.2, 0.25) is 0 Å². The van der Waals surface area contributed by atoms with Gasteiger partial charge in [0, 0.05) is 17.8 Å². The first-order valence-corrected chi connectivity index (χ1v) is 11.2. The lowest BCUT2D eigenvalue weighted by Gasteiger charge is -2.13. The van der Waals surface area contributed by atoms with E-state index in [1.54, 1.807) is 37.5 Å². The fourth-order valence-corrected chi connectivity index (χ4v) is 4.08. The van der Waals surface area contributed by atoms with Crippen LogP contribution in [-0.4, -0.2) is 33.6 Å². The molecule has 0 heterocycles. The van der Waals surface area contributed by atoms with Crippen molar-refractivity contribution in [1.82, 2.24) is 4.72 Å². The molecule has 0 aliphatic heterocycles. The number of amides is 1. The van der Waals surface area contributed by atoms with Crippen LogP contribution in [0.25, 0.3) is 6.08 Å². The molecular weight excluding hydrogens is 404 g/mol. The summed E-state index contributed by atoms with van der Waals surface area (Å²) in [6.45, 7) is 3.86. The molecule has 0 radical (unpaired) electrons. The van der Waals surface area contributed by atoms with Gasteiger partial charge in [-0.05, 0) is 68.7 Å². The second-order valence-corrected chi connectivity index (χ2v) is 9.04. The van der Waals surface area contributed by atoms with Gasteiger partial charge in [0.2, 0.25) is 15.9 Å². The molecule has 0 saturated heterocycles. The second kappa shape index (κ2) is 9.32. The molecule has 2 N–H and O–H groups in total. The van der Waals surface area contributed by atoms with E-state index in [2.05, 4.69) is 10.0 Å². The average molecular weight is 431 g/mol. The van der Waals surface area contributed by atoms with Crippen LogP contribution in [-0.2, 0) is 14.8 Å². The zero-order valence-corrected chi connectivity index (χ0v) is 18.0. The molecule has 0 spiro atoms. The number of rotatable bonds is 9. The highest BCUT2D eigenvalue weighted by molar-refractivity contribution is 7.89. The van der Waals surface area contributed by atoms with Gasteiger partial charge in [0.1, 0.15) is 0 Å². The maximum atomic E-state index is 12.3. The first-order valence-electron chi connectivity index (χ1n) is 9.73. The van der Waals surface area contributed by atoms with Crippen LogP contribution >= 0.6 is 0 Å². The molecule has 0 unspecified atom stereocenters. The number of hydrogen-bond donors (Lipinski definition) is 2. The monoisotopic (exact) mass is 430 g/mol. The third-order valence-corrected chi connectivity index (χ3v) is 5.81. The molecule has 0 aromatic heterocycles. The number of methoxy groups -OCH3 is 1. The zero-order chi connectivity index (χ0) is 21.7. The van der Waals surface area contributed by atoms with Gasteiger partial charge in [-0.3, -0.25) is 4.79 Å². The fraction of sp³-hybridized carbons (Fsp3) is 0.318. The van der Waals surface area contributed by atoms with Crippen molar-refractivity contribution < 1.29 is 22.7 Å². The Kier molecular flexibility index (Phi) is 6.79. The van der Waals surface area contributed by atoms with Crippen molar-refractivity contribution in [3.05, 3.63) is 54.1 Å². The molecule has 160 valence electrons. The van der Waals surface area contributed by atoms with E-state index in [-0.39, 0.29) is 22.9 Å². The summed E-state index contributed by atoms with van der Waals surface area (Å²) in [5.41, 5.74) is 1.17. The predicted molar refractivity (Wildman–Crippen MR) is 116 cm³/mol. The van der Waals surface area contributed by atoms with E-state index in [1.165, 1.54) is 18.2 Å². The Morgan fingerprint density at radius 2 is 1.90 bits per heavy atom. The van der Waals surface area contributed by atoms with E-state index in [0.29, 0.717) is 17.2 Å².